The van der Waals surface area contributed by atoms with E-state index in [4.69, 9.17) is 10.2 Å². The second-order valence-corrected chi connectivity index (χ2v) is 5.62. The molecule has 0 atom stereocenters. The van der Waals surface area contributed by atoms with Crippen LogP contribution in [0.25, 0.3) is 10.8 Å². The molecule has 0 saturated heterocycles. The van der Waals surface area contributed by atoms with Gasteiger partial charge in [-0.1, -0.05) is 12.1 Å². The van der Waals surface area contributed by atoms with Gasteiger partial charge in [0, 0.05) is 41.3 Å². The van der Waals surface area contributed by atoms with E-state index in [0.717, 1.165) is 25.2 Å². The Balaban J connectivity index is 0. The number of hydrogen-bond donors (Lipinski definition) is 3. The Kier molecular flexibility index (Phi) is 14.0. The maximum atomic E-state index is 10.3. The number of rotatable bonds is 0. The molecule has 3 N–H and O–H groups in total. The quantitative estimate of drug-likeness (QED) is 0.384. The third-order valence-electron chi connectivity index (χ3n) is 4.41. The molecule has 0 aliphatic carbocycles. The third-order valence-corrected chi connectivity index (χ3v) is 4.41. The van der Waals surface area contributed by atoms with Crippen LogP contribution in [-0.4, -0.2) is 29.5 Å². The standard InChI is InChI=1S/C15H18O.C5H5.2CH4O.Ti/c1-8-6-7-13-11(4)10(3)12(5)15(16)14(13)9(8)2;1-2-4-5-3-1;2*1-2;/h6-7,16H,1-5H3;1-5H;2*2H,1H3;/q;-1;;;. The number of aromatic hydroxyl groups is 1. The van der Waals surface area contributed by atoms with E-state index < -0.39 is 0 Å². The van der Waals surface area contributed by atoms with Crippen LogP contribution in [0, 0.1) is 34.6 Å². The van der Waals surface area contributed by atoms with E-state index in [0.29, 0.717) is 5.75 Å². The minimum atomic E-state index is 0. The molecule has 0 aliphatic rings. The van der Waals surface area contributed by atoms with Crippen LogP contribution >= 0.6 is 0 Å². The molecule has 0 aliphatic heterocycles. The van der Waals surface area contributed by atoms with Crippen molar-refractivity contribution < 1.29 is 37.0 Å². The van der Waals surface area contributed by atoms with Crippen molar-refractivity contribution in [1.82, 2.24) is 0 Å². The molecule has 0 fully saturated rings. The monoisotopic (exact) mass is 391 g/mol. The first-order valence-electron chi connectivity index (χ1n) is 8.20. The molecule has 0 heterocycles. The number of phenols is 1. The molecular formula is C22H31O3Ti-. The van der Waals surface area contributed by atoms with E-state index in [2.05, 4.69) is 39.8 Å². The first kappa shape index (κ1) is 26.7. The number of benzene rings is 2. The van der Waals surface area contributed by atoms with Crippen LogP contribution in [0.4, 0.5) is 0 Å². The number of aliphatic hydroxyl groups is 2. The van der Waals surface area contributed by atoms with Gasteiger partial charge in [-0.05, 0) is 67.8 Å². The molecule has 3 nitrogen and oxygen atoms in total. The van der Waals surface area contributed by atoms with Gasteiger partial charge in [-0.15, -0.1) is 0 Å². The van der Waals surface area contributed by atoms with Gasteiger partial charge in [-0.25, -0.2) is 12.1 Å². The molecule has 0 bridgehead atoms. The zero-order valence-corrected chi connectivity index (χ0v) is 18.4. The van der Waals surface area contributed by atoms with Gasteiger partial charge in [0.1, 0.15) is 5.75 Å². The van der Waals surface area contributed by atoms with Crippen LogP contribution in [0.3, 0.4) is 0 Å². The Labute approximate surface area is 172 Å². The van der Waals surface area contributed by atoms with Gasteiger partial charge >= 0.3 is 0 Å². The summed E-state index contributed by atoms with van der Waals surface area (Å²) in [7, 11) is 2.00. The van der Waals surface area contributed by atoms with Crippen molar-refractivity contribution in [2.45, 2.75) is 34.6 Å². The average molecular weight is 391 g/mol. The van der Waals surface area contributed by atoms with Crippen LogP contribution < -0.4 is 0 Å². The molecule has 0 saturated carbocycles. The Morgan fingerprint density at radius 1 is 0.692 bits per heavy atom. The molecule has 0 spiro atoms. The average Bonchev–Trinajstić information content (AvgIpc) is 3.24. The van der Waals surface area contributed by atoms with Crippen LogP contribution in [0.15, 0.2) is 42.5 Å². The molecular weight excluding hydrogens is 360 g/mol. The van der Waals surface area contributed by atoms with E-state index >= 15 is 0 Å². The third kappa shape index (κ3) is 6.33. The van der Waals surface area contributed by atoms with E-state index in [1.807, 2.05) is 37.3 Å². The van der Waals surface area contributed by atoms with Crippen LogP contribution in [0.2, 0.25) is 0 Å². The molecule has 26 heavy (non-hydrogen) atoms. The van der Waals surface area contributed by atoms with Crippen LogP contribution in [0.1, 0.15) is 27.8 Å². The predicted molar refractivity (Wildman–Crippen MR) is 108 cm³/mol. The van der Waals surface area contributed by atoms with Crippen molar-refractivity contribution in [3.63, 3.8) is 0 Å². The zero-order chi connectivity index (χ0) is 19.6. The number of aryl methyl sites for hydroxylation is 3. The number of hydrogen-bond acceptors (Lipinski definition) is 3. The molecule has 3 aromatic rings. The first-order valence-corrected chi connectivity index (χ1v) is 8.20. The van der Waals surface area contributed by atoms with Crippen molar-refractivity contribution in [2.24, 2.45) is 0 Å². The molecule has 3 rings (SSSR count). The fourth-order valence-corrected chi connectivity index (χ4v) is 2.60. The van der Waals surface area contributed by atoms with Gasteiger partial charge < -0.3 is 15.3 Å². The van der Waals surface area contributed by atoms with Crippen molar-refractivity contribution in [3.8, 4) is 5.75 Å². The second-order valence-electron chi connectivity index (χ2n) is 5.62. The largest absolute Gasteiger partial charge is 0.507 e. The van der Waals surface area contributed by atoms with Crippen LogP contribution in [0.5, 0.6) is 5.75 Å². The zero-order valence-electron chi connectivity index (χ0n) is 16.9. The molecule has 0 unspecified atom stereocenters. The fourth-order valence-electron chi connectivity index (χ4n) is 2.60. The smallest absolute Gasteiger partial charge is 0.126 e. The first-order chi connectivity index (χ1) is 11.9. The summed E-state index contributed by atoms with van der Waals surface area (Å²) in [6.07, 6.45) is 0. The Hall–Kier alpha value is -1.52. The topological polar surface area (TPSA) is 60.7 Å². The van der Waals surface area contributed by atoms with Gasteiger partial charge in [0.05, 0.1) is 0 Å². The Morgan fingerprint density at radius 3 is 1.62 bits per heavy atom. The Bertz CT molecular complexity index is 746. The second kappa shape index (κ2) is 13.7. The normalized spacial score (nSPS) is 8.81. The Morgan fingerprint density at radius 2 is 1.19 bits per heavy atom. The molecule has 142 valence electrons. The van der Waals surface area contributed by atoms with Gasteiger partial charge in [0.25, 0.3) is 0 Å². The van der Waals surface area contributed by atoms with Crippen molar-refractivity contribution in [2.75, 3.05) is 14.2 Å². The SMILES string of the molecule is CO.CO.Cc1ccc2c(C)c(C)c(C)c(O)c2c1C.[Ti].c1cc[cH-]c1. The summed E-state index contributed by atoms with van der Waals surface area (Å²) in [6, 6.07) is 14.2. The van der Waals surface area contributed by atoms with E-state index in [1.165, 1.54) is 27.6 Å². The summed E-state index contributed by atoms with van der Waals surface area (Å²) in [6.45, 7) is 10.3. The van der Waals surface area contributed by atoms with Gasteiger partial charge in [-0.2, -0.15) is 18.2 Å². The van der Waals surface area contributed by atoms with Crippen LogP contribution in [-0.2, 0) is 21.7 Å². The molecule has 4 heteroatoms. The van der Waals surface area contributed by atoms with Crippen molar-refractivity contribution in [1.29, 1.82) is 0 Å². The van der Waals surface area contributed by atoms with Crippen molar-refractivity contribution >= 4 is 10.8 Å². The summed E-state index contributed by atoms with van der Waals surface area (Å²) in [5, 5.41) is 26.5. The van der Waals surface area contributed by atoms with E-state index in [9.17, 15) is 5.11 Å². The number of phenolic OH excluding ortho intramolecular Hbond substituents is 1. The minimum Gasteiger partial charge on any atom is -0.507 e. The van der Waals surface area contributed by atoms with Crippen molar-refractivity contribution in [3.05, 3.63) is 70.3 Å². The summed E-state index contributed by atoms with van der Waals surface area (Å²) in [4.78, 5) is 0. The maximum Gasteiger partial charge on any atom is 0.126 e. The van der Waals surface area contributed by atoms with E-state index in [-0.39, 0.29) is 21.7 Å². The minimum absolute atomic E-state index is 0. The summed E-state index contributed by atoms with van der Waals surface area (Å²) in [5.74, 6) is 0.444. The molecule has 3 aromatic carbocycles. The summed E-state index contributed by atoms with van der Waals surface area (Å²) in [5.41, 5.74) is 5.87. The maximum absolute atomic E-state index is 10.3. The number of aliphatic hydroxyl groups excluding tert-OH is 2. The summed E-state index contributed by atoms with van der Waals surface area (Å²) < 4.78 is 0. The van der Waals surface area contributed by atoms with Gasteiger partial charge in [0.2, 0.25) is 0 Å². The molecule has 0 radical (unpaired) electrons. The number of fused-ring (bicyclic) bond motifs is 1. The van der Waals surface area contributed by atoms with Gasteiger partial charge in [-0.3, -0.25) is 0 Å². The summed E-state index contributed by atoms with van der Waals surface area (Å²) >= 11 is 0. The molecule has 0 amide bonds. The van der Waals surface area contributed by atoms with Gasteiger partial charge in [0.15, 0.2) is 0 Å². The van der Waals surface area contributed by atoms with E-state index in [1.54, 1.807) is 0 Å². The predicted octanol–water partition coefficient (Wildman–Crippen LogP) is 4.71. The molecule has 0 aromatic heterocycles. The fraction of sp³-hybridized carbons (Fsp3) is 0.318.